The normalized spacial score (nSPS) is 13.2. The minimum atomic E-state index is -0.0833. The third kappa shape index (κ3) is 3.62. The highest BCUT2D eigenvalue weighted by Gasteiger charge is 2.31. The van der Waals surface area contributed by atoms with Gasteiger partial charge in [-0.05, 0) is 11.0 Å². The smallest absolute Gasteiger partial charge is 0.244 e. The molecule has 2 heterocycles. The minimum Gasteiger partial charge on any atom is -0.337 e. The zero-order valence-corrected chi connectivity index (χ0v) is 13.4. The molecular formula is C16H20N6O. The molecule has 1 unspecified atom stereocenters. The highest BCUT2D eigenvalue weighted by molar-refractivity contribution is 5.39. The second-order valence-electron chi connectivity index (χ2n) is 6.46. The summed E-state index contributed by atoms with van der Waals surface area (Å²) in [4.78, 5) is 8.50. The lowest BCUT2D eigenvalue weighted by molar-refractivity contribution is 0.211. The number of rotatable bonds is 5. The number of hydrogen-bond acceptors (Lipinski definition) is 6. The zero-order chi connectivity index (χ0) is 16.3. The number of hydrogen-bond donors (Lipinski definition) is 2. The molecule has 1 aromatic carbocycles. The van der Waals surface area contributed by atoms with Gasteiger partial charge in [0.25, 0.3) is 0 Å². The standard InChI is InChI=1S/C16H20N6O/c1-16(2,3)12(17-9-11-7-5-4-6-8-11)15-20-14(22-23-15)13-18-10-19-21-13/h4-8,10,12,17H,9H2,1-3H3,(H,18,19,21). The number of H-pyrrole nitrogens is 1. The van der Waals surface area contributed by atoms with Crippen molar-refractivity contribution in [3.63, 3.8) is 0 Å². The van der Waals surface area contributed by atoms with Gasteiger partial charge in [-0.25, -0.2) is 4.98 Å². The molecule has 0 bridgehead atoms. The first-order valence-electron chi connectivity index (χ1n) is 7.50. The van der Waals surface area contributed by atoms with Crippen molar-refractivity contribution in [3.05, 3.63) is 48.1 Å². The van der Waals surface area contributed by atoms with Gasteiger partial charge in [0.05, 0.1) is 6.04 Å². The number of nitrogens with one attached hydrogen (secondary N) is 2. The Morgan fingerprint density at radius 2 is 2.00 bits per heavy atom. The molecule has 0 amide bonds. The van der Waals surface area contributed by atoms with Crippen molar-refractivity contribution in [1.82, 2.24) is 30.6 Å². The predicted molar refractivity (Wildman–Crippen MR) is 85.2 cm³/mol. The van der Waals surface area contributed by atoms with Gasteiger partial charge >= 0.3 is 0 Å². The van der Waals surface area contributed by atoms with Crippen molar-refractivity contribution in [1.29, 1.82) is 0 Å². The monoisotopic (exact) mass is 312 g/mol. The Balaban J connectivity index is 1.79. The SMILES string of the molecule is CC(C)(C)C(NCc1ccccc1)c1nc(-c2ncn[nH]2)no1. The van der Waals surface area contributed by atoms with Crippen LogP contribution >= 0.6 is 0 Å². The van der Waals surface area contributed by atoms with E-state index in [2.05, 4.69) is 63.5 Å². The minimum absolute atomic E-state index is 0.0770. The fourth-order valence-electron chi connectivity index (χ4n) is 2.34. The van der Waals surface area contributed by atoms with Gasteiger partial charge in [-0.1, -0.05) is 56.3 Å². The van der Waals surface area contributed by atoms with Crippen molar-refractivity contribution in [2.75, 3.05) is 0 Å². The topological polar surface area (TPSA) is 92.5 Å². The lowest BCUT2D eigenvalue weighted by Crippen LogP contribution is -2.32. The van der Waals surface area contributed by atoms with Crippen molar-refractivity contribution >= 4 is 0 Å². The first kappa shape index (κ1) is 15.4. The van der Waals surface area contributed by atoms with Crippen LogP contribution in [0, 0.1) is 5.41 Å². The molecule has 0 fully saturated rings. The van der Waals surface area contributed by atoms with Crippen LogP contribution in [0.3, 0.4) is 0 Å². The molecule has 0 saturated heterocycles. The largest absolute Gasteiger partial charge is 0.337 e. The maximum atomic E-state index is 5.45. The van der Waals surface area contributed by atoms with Crippen molar-refractivity contribution in [2.45, 2.75) is 33.4 Å². The predicted octanol–water partition coefficient (Wildman–Crippen LogP) is 2.73. The van der Waals surface area contributed by atoms with E-state index in [1.807, 2.05) is 18.2 Å². The first-order valence-corrected chi connectivity index (χ1v) is 7.50. The average Bonchev–Trinajstić information content (AvgIpc) is 3.18. The summed E-state index contributed by atoms with van der Waals surface area (Å²) >= 11 is 0. The summed E-state index contributed by atoms with van der Waals surface area (Å²) in [6.07, 6.45) is 1.42. The number of aromatic nitrogens is 5. The Morgan fingerprint density at radius 1 is 1.22 bits per heavy atom. The lowest BCUT2D eigenvalue weighted by Gasteiger charge is -2.28. The molecule has 3 aromatic rings. The Hall–Kier alpha value is -2.54. The molecule has 0 spiro atoms. The molecule has 0 saturated carbocycles. The van der Waals surface area contributed by atoms with Gasteiger partial charge in [-0.3, -0.25) is 5.10 Å². The van der Waals surface area contributed by atoms with Crippen LogP contribution in [0.25, 0.3) is 11.6 Å². The van der Waals surface area contributed by atoms with Crippen molar-refractivity contribution < 1.29 is 4.52 Å². The average molecular weight is 312 g/mol. The molecule has 0 radical (unpaired) electrons. The second-order valence-corrected chi connectivity index (χ2v) is 6.46. The van der Waals surface area contributed by atoms with E-state index in [0.29, 0.717) is 17.5 Å². The van der Waals surface area contributed by atoms with Gasteiger partial charge in [-0.15, -0.1) is 0 Å². The molecule has 7 heteroatoms. The Morgan fingerprint density at radius 3 is 2.65 bits per heavy atom. The van der Waals surface area contributed by atoms with E-state index in [0.717, 1.165) is 6.54 Å². The quantitative estimate of drug-likeness (QED) is 0.752. The van der Waals surface area contributed by atoms with Crippen LogP contribution < -0.4 is 5.32 Å². The molecule has 3 rings (SSSR count). The molecule has 0 aliphatic rings. The Kier molecular flexibility index (Phi) is 4.20. The van der Waals surface area contributed by atoms with E-state index in [1.54, 1.807) is 0 Å². The molecule has 0 aliphatic heterocycles. The van der Waals surface area contributed by atoms with Gasteiger partial charge in [0.1, 0.15) is 6.33 Å². The molecule has 1 atom stereocenters. The van der Waals surface area contributed by atoms with Crippen LogP contribution in [-0.2, 0) is 6.54 Å². The maximum Gasteiger partial charge on any atom is 0.244 e. The number of benzene rings is 1. The number of nitrogens with zero attached hydrogens (tertiary/aromatic N) is 4. The summed E-state index contributed by atoms with van der Waals surface area (Å²) in [6, 6.07) is 10.1. The van der Waals surface area contributed by atoms with Crippen LogP contribution in [-0.4, -0.2) is 25.3 Å². The fraction of sp³-hybridized carbons (Fsp3) is 0.375. The summed E-state index contributed by atoms with van der Waals surface area (Å²) < 4.78 is 5.45. The van der Waals surface area contributed by atoms with Crippen molar-refractivity contribution in [2.24, 2.45) is 5.41 Å². The summed E-state index contributed by atoms with van der Waals surface area (Å²) in [5.41, 5.74) is 1.12. The van der Waals surface area contributed by atoms with Crippen LogP contribution in [0.15, 0.2) is 41.2 Å². The van der Waals surface area contributed by atoms with E-state index >= 15 is 0 Å². The molecule has 0 aliphatic carbocycles. The third-order valence-electron chi connectivity index (χ3n) is 3.53. The van der Waals surface area contributed by atoms with E-state index < -0.39 is 0 Å². The highest BCUT2D eigenvalue weighted by Crippen LogP contribution is 2.32. The van der Waals surface area contributed by atoms with E-state index in [4.69, 9.17) is 4.52 Å². The van der Waals surface area contributed by atoms with Crippen LogP contribution in [0.5, 0.6) is 0 Å². The maximum absolute atomic E-state index is 5.45. The molecule has 2 N–H and O–H groups in total. The molecule has 23 heavy (non-hydrogen) atoms. The van der Waals surface area contributed by atoms with Crippen LogP contribution in [0.4, 0.5) is 0 Å². The van der Waals surface area contributed by atoms with E-state index in [9.17, 15) is 0 Å². The van der Waals surface area contributed by atoms with Crippen LogP contribution in [0.1, 0.15) is 38.3 Å². The zero-order valence-electron chi connectivity index (χ0n) is 13.4. The van der Waals surface area contributed by atoms with Crippen molar-refractivity contribution in [3.8, 4) is 11.6 Å². The van der Waals surface area contributed by atoms with Gasteiger partial charge < -0.3 is 9.84 Å². The Bertz CT molecular complexity index is 730. The molecule has 2 aromatic heterocycles. The van der Waals surface area contributed by atoms with E-state index in [1.165, 1.54) is 11.9 Å². The van der Waals surface area contributed by atoms with Gasteiger partial charge in [-0.2, -0.15) is 10.1 Å². The fourth-order valence-corrected chi connectivity index (χ4v) is 2.34. The molecule has 120 valence electrons. The Labute approximate surface area is 134 Å². The second kappa shape index (κ2) is 6.29. The van der Waals surface area contributed by atoms with Gasteiger partial charge in [0.15, 0.2) is 5.82 Å². The molecular weight excluding hydrogens is 292 g/mol. The summed E-state index contributed by atoms with van der Waals surface area (Å²) in [5, 5.41) is 14.0. The lowest BCUT2D eigenvalue weighted by atomic mass is 9.86. The third-order valence-corrected chi connectivity index (χ3v) is 3.53. The van der Waals surface area contributed by atoms with E-state index in [-0.39, 0.29) is 11.5 Å². The summed E-state index contributed by atoms with van der Waals surface area (Å²) in [7, 11) is 0. The van der Waals surface area contributed by atoms with Gasteiger partial charge in [0, 0.05) is 6.54 Å². The highest BCUT2D eigenvalue weighted by atomic mass is 16.5. The first-order chi connectivity index (χ1) is 11.0. The summed E-state index contributed by atoms with van der Waals surface area (Å²) in [6.45, 7) is 7.12. The van der Waals surface area contributed by atoms with Gasteiger partial charge in [0.2, 0.25) is 11.7 Å². The summed E-state index contributed by atoms with van der Waals surface area (Å²) in [5.74, 6) is 1.45. The molecule has 7 nitrogen and oxygen atoms in total. The van der Waals surface area contributed by atoms with Crippen LogP contribution in [0.2, 0.25) is 0 Å². The number of aromatic amines is 1.